The lowest BCUT2D eigenvalue weighted by molar-refractivity contribution is -0.135. The number of carbonyl (C=O) groups excluding carboxylic acids is 2. The third-order valence-electron chi connectivity index (χ3n) is 5.88. The molecule has 0 N–H and O–H groups in total. The van der Waals surface area contributed by atoms with Crippen molar-refractivity contribution in [2.45, 2.75) is 37.5 Å². The van der Waals surface area contributed by atoms with Crippen molar-refractivity contribution in [3.8, 4) is 0 Å². The molecule has 2 aromatic rings. The number of benzene rings is 1. The number of thiazole rings is 1. The third-order valence-corrected chi connectivity index (χ3v) is 6.65. The second-order valence-corrected chi connectivity index (χ2v) is 8.22. The lowest BCUT2D eigenvalue weighted by atomic mass is 9.76. The average molecular weight is 396 g/mol. The molecular weight excluding hydrogens is 376 g/mol. The van der Waals surface area contributed by atoms with E-state index in [0.717, 1.165) is 12.0 Å². The van der Waals surface area contributed by atoms with E-state index in [1.54, 1.807) is 18.2 Å². The van der Waals surface area contributed by atoms with Gasteiger partial charge in [0.1, 0.15) is 6.10 Å². The summed E-state index contributed by atoms with van der Waals surface area (Å²) in [7, 11) is 1.68. The maximum Gasteiger partial charge on any atom is 0.296 e. The Balaban J connectivity index is 1.60. The van der Waals surface area contributed by atoms with Gasteiger partial charge in [-0.3, -0.25) is 14.5 Å². The molecule has 0 spiro atoms. The molecule has 6 nitrogen and oxygen atoms in total. The fourth-order valence-electron chi connectivity index (χ4n) is 4.53. The number of anilines is 1. The second-order valence-electron chi connectivity index (χ2n) is 7.34. The number of ether oxygens (including phenoxy) is 2. The number of hydrogen-bond donors (Lipinski definition) is 0. The maximum atomic E-state index is 13.5. The van der Waals surface area contributed by atoms with Crippen LogP contribution in [0.4, 0.5) is 5.13 Å². The first-order chi connectivity index (χ1) is 13.7. The van der Waals surface area contributed by atoms with Crippen LogP contribution in [0.5, 0.6) is 0 Å². The van der Waals surface area contributed by atoms with Crippen molar-refractivity contribution in [3.63, 3.8) is 0 Å². The van der Waals surface area contributed by atoms with Crippen molar-refractivity contribution in [2.24, 2.45) is 5.92 Å². The highest BCUT2D eigenvalue weighted by Gasteiger charge is 2.53. The average Bonchev–Trinajstić information content (AvgIpc) is 3.35. The molecule has 144 valence electrons. The van der Waals surface area contributed by atoms with Crippen molar-refractivity contribution in [1.82, 2.24) is 4.98 Å². The van der Waals surface area contributed by atoms with Gasteiger partial charge in [-0.05, 0) is 18.4 Å². The summed E-state index contributed by atoms with van der Waals surface area (Å²) in [5.74, 6) is -0.292. The summed E-state index contributed by atoms with van der Waals surface area (Å²) in [5, 5.41) is 2.40. The van der Waals surface area contributed by atoms with Crippen LogP contribution in [0.15, 0.2) is 53.2 Å². The van der Waals surface area contributed by atoms with E-state index in [-0.39, 0.29) is 35.6 Å². The van der Waals surface area contributed by atoms with Gasteiger partial charge in [0.2, 0.25) is 0 Å². The van der Waals surface area contributed by atoms with Crippen molar-refractivity contribution in [2.75, 3.05) is 12.0 Å². The minimum Gasteiger partial charge on any atom is -0.483 e. The summed E-state index contributed by atoms with van der Waals surface area (Å²) >= 11 is 1.38. The van der Waals surface area contributed by atoms with Gasteiger partial charge in [-0.15, -0.1) is 11.3 Å². The maximum absolute atomic E-state index is 13.5. The monoisotopic (exact) mass is 396 g/mol. The number of fused-ring (bicyclic) bond motifs is 1. The number of rotatable bonds is 3. The van der Waals surface area contributed by atoms with E-state index >= 15 is 0 Å². The van der Waals surface area contributed by atoms with Crippen LogP contribution in [0.1, 0.15) is 30.9 Å². The van der Waals surface area contributed by atoms with Crippen LogP contribution in [0.25, 0.3) is 0 Å². The topological polar surface area (TPSA) is 68.7 Å². The molecule has 7 heteroatoms. The van der Waals surface area contributed by atoms with Crippen molar-refractivity contribution < 1.29 is 19.1 Å². The number of ketones is 1. The van der Waals surface area contributed by atoms with Gasteiger partial charge in [0.25, 0.3) is 5.91 Å². The smallest absolute Gasteiger partial charge is 0.296 e. The van der Waals surface area contributed by atoms with Crippen LogP contribution >= 0.6 is 11.3 Å². The van der Waals surface area contributed by atoms with Gasteiger partial charge in [0.05, 0.1) is 23.6 Å². The van der Waals surface area contributed by atoms with Crippen molar-refractivity contribution in [3.05, 3.63) is 58.8 Å². The fourth-order valence-corrected chi connectivity index (χ4v) is 5.19. The van der Waals surface area contributed by atoms with Gasteiger partial charge in [-0.25, -0.2) is 4.98 Å². The van der Waals surface area contributed by atoms with Gasteiger partial charge in [-0.2, -0.15) is 0 Å². The fraction of sp³-hybridized carbons (Fsp3) is 0.381. The highest BCUT2D eigenvalue weighted by molar-refractivity contribution is 7.13. The molecule has 0 radical (unpaired) electrons. The molecular formula is C21H20N2O4S. The molecule has 1 amide bonds. The van der Waals surface area contributed by atoms with E-state index in [4.69, 9.17) is 9.47 Å². The molecule has 5 rings (SSSR count). The molecule has 3 aliphatic rings. The summed E-state index contributed by atoms with van der Waals surface area (Å²) in [6, 6.07) is 9.14. The molecule has 2 aliphatic heterocycles. The van der Waals surface area contributed by atoms with Crippen LogP contribution in [0, 0.1) is 5.92 Å². The highest BCUT2D eigenvalue weighted by Crippen LogP contribution is 2.48. The minimum absolute atomic E-state index is 0.0297. The predicted molar refractivity (Wildman–Crippen MR) is 104 cm³/mol. The number of hydrogen-bond acceptors (Lipinski definition) is 6. The van der Waals surface area contributed by atoms with Gasteiger partial charge in [0.15, 0.2) is 16.7 Å². The summed E-state index contributed by atoms with van der Waals surface area (Å²) in [6.45, 7) is 0. The van der Waals surface area contributed by atoms with E-state index in [0.29, 0.717) is 23.5 Å². The molecule has 3 heterocycles. The summed E-state index contributed by atoms with van der Waals surface area (Å²) in [5.41, 5.74) is 1.36. The molecule has 0 bridgehead atoms. The molecule has 1 aromatic heterocycles. The Hall–Kier alpha value is -2.51. The van der Waals surface area contributed by atoms with E-state index in [1.807, 2.05) is 35.7 Å². The van der Waals surface area contributed by atoms with Crippen LogP contribution in [-0.2, 0) is 19.1 Å². The van der Waals surface area contributed by atoms with Crippen LogP contribution in [0.2, 0.25) is 0 Å². The Morgan fingerprint density at radius 1 is 1.21 bits per heavy atom. The molecule has 1 aromatic carbocycles. The predicted octanol–water partition coefficient (Wildman–Crippen LogP) is 3.27. The Labute approximate surface area is 166 Å². The Bertz CT molecular complexity index is 941. The number of Topliss-reactive ketones (excluding diaryl/α,β-unsaturated/α-hetero) is 1. The molecule has 28 heavy (non-hydrogen) atoms. The van der Waals surface area contributed by atoms with Gasteiger partial charge >= 0.3 is 0 Å². The first-order valence-corrected chi connectivity index (χ1v) is 10.3. The molecule has 4 unspecified atom stereocenters. The zero-order valence-corrected chi connectivity index (χ0v) is 16.2. The number of nitrogens with zero attached hydrogens (tertiary/aromatic N) is 2. The van der Waals surface area contributed by atoms with Crippen molar-refractivity contribution >= 4 is 28.2 Å². The second kappa shape index (κ2) is 6.83. The van der Waals surface area contributed by atoms with Gasteiger partial charge < -0.3 is 9.47 Å². The summed E-state index contributed by atoms with van der Waals surface area (Å²) < 4.78 is 11.6. The van der Waals surface area contributed by atoms with Crippen LogP contribution < -0.4 is 4.90 Å². The lowest BCUT2D eigenvalue weighted by Gasteiger charge is -2.38. The van der Waals surface area contributed by atoms with Crippen molar-refractivity contribution in [1.29, 1.82) is 0 Å². The zero-order valence-electron chi connectivity index (χ0n) is 15.4. The summed E-state index contributed by atoms with van der Waals surface area (Å²) in [4.78, 5) is 32.8. The van der Waals surface area contributed by atoms with Gasteiger partial charge in [-0.1, -0.05) is 30.3 Å². The van der Waals surface area contributed by atoms with Crippen LogP contribution in [0.3, 0.4) is 0 Å². The number of aromatic nitrogens is 1. The quantitative estimate of drug-likeness (QED) is 0.797. The number of carbonyl (C=O) groups is 2. The molecule has 1 aliphatic carbocycles. The molecule has 1 fully saturated rings. The van der Waals surface area contributed by atoms with E-state index in [1.165, 1.54) is 11.3 Å². The third kappa shape index (κ3) is 2.61. The van der Waals surface area contributed by atoms with Gasteiger partial charge in [0, 0.05) is 25.1 Å². The molecule has 0 saturated heterocycles. The standard InChI is InChI=1S/C21H20N2O4S/c1-26-13-7-8-14-15(11-13)27-19-16(18(14)24)17(12-5-3-2-4-6-12)23(20(19)25)21-22-9-10-28-21/h2-6,9-10,13-15,17H,7-8,11H2,1H3. The number of methoxy groups -OCH3 is 1. The van der Waals surface area contributed by atoms with E-state index in [9.17, 15) is 9.59 Å². The highest BCUT2D eigenvalue weighted by atomic mass is 32.1. The van der Waals surface area contributed by atoms with Crippen LogP contribution in [-0.4, -0.2) is 36.0 Å². The minimum atomic E-state index is -0.497. The molecule has 1 saturated carbocycles. The largest absolute Gasteiger partial charge is 0.483 e. The summed E-state index contributed by atoms with van der Waals surface area (Å²) in [6.07, 6.45) is 3.60. The van der Waals surface area contributed by atoms with E-state index in [2.05, 4.69) is 4.98 Å². The first-order valence-electron chi connectivity index (χ1n) is 9.45. The lowest BCUT2D eigenvalue weighted by Crippen LogP contribution is -2.43. The normalized spacial score (nSPS) is 29.5. The number of amides is 1. The SMILES string of the molecule is COC1CCC2C(=O)C3=C(OC2C1)C(=O)N(c1nccs1)C3c1ccccc1. The van der Waals surface area contributed by atoms with E-state index < -0.39 is 6.04 Å². The first kappa shape index (κ1) is 17.6. The Morgan fingerprint density at radius 2 is 2.04 bits per heavy atom. The Morgan fingerprint density at radius 3 is 2.75 bits per heavy atom. The zero-order chi connectivity index (χ0) is 19.3. The Kier molecular flexibility index (Phi) is 4.29. The molecule has 4 atom stereocenters.